The predicted octanol–water partition coefficient (Wildman–Crippen LogP) is 5.06. The second kappa shape index (κ2) is 8.52. The van der Waals surface area contributed by atoms with Gasteiger partial charge in [-0.15, -0.1) is 11.3 Å². The summed E-state index contributed by atoms with van der Waals surface area (Å²) in [6.07, 6.45) is -0.288. The van der Waals surface area contributed by atoms with Gasteiger partial charge >= 0.3 is 5.97 Å². The zero-order valence-corrected chi connectivity index (χ0v) is 16.2. The van der Waals surface area contributed by atoms with Crippen LogP contribution in [0, 0.1) is 0 Å². The zero-order valence-electron chi connectivity index (χ0n) is 13.9. The van der Waals surface area contributed by atoms with Crippen LogP contribution in [0.5, 0.6) is 0 Å². The van der Waals surface area contributed by atoms with Crippen molar-refractivity contribution in [1.82, 2.24) is 10.3 Å². The molecule has 0 bridgehead atoms. The maximum atomic E-state index is 12.6. The van der Waals surface area contributed by atoms with Crippen LogP contribution in [-0.4, -0.2) is 22.0 Å². The summed E-state index contributed by atoms with van der Waals surface area (Å²) in [7, 11) is 0. The summed E-state index contributed by atoms with van der Waals surface area (Å²) in [6, 6.07) is 13.2. The van der Waals surface area contributed by atoms with Gasteiger partial charge in [0.2, 0.25) is 0 Å². The number of halogens is 2. The van der Waals surface area contributed by atoms with Crippen molar-refractivity contribution >= 4 is 46.4 Å². The van der Waals surface area contributed by atoms with E-state index in [0.717, 1.165) is 5.56 Å². The van der Waals surface area contributed by atoms with Crippen LogP contribution in [0.25, 0.3) is 10.6 Å². The standard InChI is InChI=1S/C19H14Cl2N2O3S/c20-12-7-5-11(6-8-12)19-23-16(10-27-19)18(26)22-15(9-17(24)25)13-3-1-2-4-14(13)21/h1-8,10,15H,9H2,(H,22,26)(H,24,25)/t15-/m0/s1. The first-order valence-electron chi connectivity index (χ1n) is 7.92. The number of amides is 1. The largest absolute Gasteiger partial charge is 0.481 e. The molecule has 138 valence electrons. The Morgan fingerprint density at radius 1 is 1.11 bits per heavy atom. The first-order chi connectivity index (χ1) is 12.9. The number of thiazole rings is 1. The Kier molecular flexibility index (Phi) is 6.11. The number of carbonyl (C=O) groups excluding carboxylic acids is 1. The number of carbonyl (C=O) groups is 2. The Morgan fingerprint density at radius 3 is 2.48 bits per heavy atom. The molecular weight excluding hydrogens is 407 g/mol. The smallest absolute Gasteiger partial charge is 0.305 e. The molecular formula is C19H14Cl2N2O3S. The van der Waals surface area contributed by atoms with Crippen LogP contribution in [0.15, 0.2) is 53.9 Å². The van der Waals surface area contributed by atoms with E-state index < -0.39 is 17.9 Å². The van der Waals surface area contributed by atoms with Crippen molar-refractivity contribution in [3.8, 4) is 10.6 Å². The molecule has 27 heavy (non-hydrogen) atoms. The number of aromatic nitrogens is 1. The summed E-state index contributed by atoms with van der Waals surface area (Å²) < 4.78 is 0. The number of aliphatic carboxylic acids is 1. The highest BCUT2D eigenvalue weighted by Gasteiger charge is 2.22. The molecule has 1 amide bonds. The number of benzene rings is 2. The van der Waals surface area contributed by atoms with Crippen molar-refractivity contribution in [3.05, 3.63) is 75.2 Å². The van der Waals surface area contributed by atoms with Crippen LogP contribution in [0.4, 0.5) is 0 Å². The van der Waals surface area contributed by atoms with Gasteiger partial charge in [0.15, 0.2) is 0 Å². The average Bonchev–Trinajstić information content (AvgIpc) is 3.12. The third kappa shape index (κ3) is 4.86. The van der Waals surface area contributed by atoms with Crippen molar-refractivity contribution in [2.24, 2.45) is 0 Å². The number of rotatable bonds is 6. The molecule has 0 unspecified atom stereocenters. The Balaban J connectivity index is 1.81. The molecule has 8 heteroatoms. The van der Waals surface area contributed by atoms with Gasteiger partial charge in [-0.2, -0.15) is 0 Å². The molecule has 3 aromatic rings. The predicted molar refractivity (Wildman–Crippen MR) is 106 cm³/mol. The van der Waals surface area contributed by atoms with Crippen LogP contribution < -0.4 is 5.32 Å². The number of carboxylic acids is 1. The molecule has 0 saturated carbocycles. The Hall–Kier alpha value is -2.41. The van der Waals surface area contributed by atoms with Crippen LogP contribution in [-0.2, 0) is 4.79 Å². The molecule has 1 heterocycles. The Labute approximate surface area is 169 Å². The van der Waals surface area contributed by atoms with E-state index in [1.807, 2.05) is 12.1 Å². The Bertz CT molecular complexity index is 973. The average molecular weight is 421 g/mol. The molecule has 0 saturated heterocycles. The van der Waals surface area contributed by atoms with Gasteiger partial charge in [-0.05, 0) is 23.8 Å². The summed E-state index contributed by atoms with van der Waals surface area (Å²) in [5.41, 5.74) is 1.60. The van der Waals surface area contributed by atoms with E-state index in [1.54, 1.807) is 41.8 Å². The van der Waals surface area contributed by atoms with Crippen molar-refractivity contribution < 1.29 is 14.7 Å². The minimum atomic E-state index is -1.04. The SMILES string of the molecule is O=C(O)C[C@H](NC(=O)c1csc(-c2ccc(Cl)cc2)n1)c1ccccc1Cl. The van der Waals surface area contributed by atoms with Crippen LogP contribution in [0.1, 0.15) is 28.5 Å². The summed E-state index contributed by atoms with van der Waals surface area (Å²) in [4.78, 5) is 28.1. The quantitative estimate of drug-likeness (QED) is 0.583. The maximum absolute atomic E-state index is 12.6. The van der Waals surface area contributed by atoms with E-state index in [0.29, 0.717) is 20.6 Å². The van der Waals surface area contributed by atoms with Crippen LogP contribution in [0.2, 0.25) is 10.0 Å². The molecule has 0 fully saturated rings. The van der Waals surface area contributed by atoms with E-state index in [2.05, 4.69) is 10.3 Å². The normalized spacial score (nSPS) is 11.8. The fourth-order valence-corrected chi connectivity index (χ4v) is 3.71. The molecule has 1 aromatic heterocycles. The number of nitrogens with zero attached hydrogens (tertiary/aromatic N) is 1. The fraction of sp³-hybridized carbons (Fsp3) is 0.105. The number of hydrogen-bond donors (Lipinski definition) is 2. The van der Waals surface area contributed by atoms with E-state index in [1.165, 1.54) is 11.3 Å². The third-order valence-corrected chi connectivity index (χ3v) is 5.28. The molecule has 5 nitrogen and oxygen atoms in total. The van der Waals surface area contributed by atoms with Crippen LogP contribution >= 0.6 is 34.5 Å². The van der Waals surface area contributed by atoms with E-state index in [-0.39, 0.29) is 12.1 Å². The molecule has 2 N–H and O–H groups in total. The van der Waals surface area contributed by atoms with E-state index in [9.17, 15) is 14.7 Å². The van der Waals surface area contributed by atoms with E-state index >= 15 is 0 Å². The van der Waals surface area contributed by atoms with Gasteiger partial charge in [0.25, 0.3) is 5.91 Å². The van der Waals surface area contributed by atoms with Gasteiger partial charge in [-0.1, -0.05) is 53.5 Å². The zero-order chi connectivity index (χ0) is 19.4. The van der Waals surface area contributed by atoms with Crippen molar-refractivity contribution in [1.29, 1.82) is 0 Å². The lowest BCUT2D eigenvalue weighted by atomic mass is 10.0. The highest BCUT2D eigenvalue weighted by molar-refractivity contribution is 7.13. The van der Waals surface area contributed by atoms with Crippen molar-refractivity contribution in [2.75, 3.05) is 0 Å². The monoisotopic (exact) mass is 420 g/mol. The number of carboxylic acid groups (broad SMARTS) is 1. The van der Waals surface area contributed by atoms with Gasteiger partial charge in [0, 0.05) is 21.0 Å². The van der Waals surface area contributed by atoms with Crippen molar-refractivity contribution in [2.45, 2.75) is 12.5 Å². The molecule has 0 spiro atoms. The fourth-order valence-electron chi connectivity index (χ4n) is 2.51. The third-order valence-electron chi connectivity index (χ3n) is 3.79. The lowest BCUT2D eigenvalue weighted by molar-refractivity contribution is -0.137. The molecule has 0 aliphatic heterocycles. The van der Waals surface area contributed by atoms with Gasteiger partial charge in [-0.25, -0.2) is 4.98 Å². The molecule has 0 radical (unpaired) electrons. The second-order valence-electron chi connectivity index (χ2n) is 5.69. The van der Waals surface area contributed by atoms with Crippen LogP contribution in [0.3, 0.4) is 0 Å². The number of nitrogens with one attached hydrogen (secondary N) is 1. The van der Waals surface area contributed by atoms with Gasteiger partial charge < -0.3 is 10.4 Å². The maximum Gasteiger partial charge on any atom is 0.305 e. The van der Waals surface area contributed by atoms with Crippen molar-refractivity contribution in [3.63, 3.8) is 0 Å². The van der Waals surface area contributed by atoms with Gasteiger partial charge in [0.05, 0.1) is 12.5 Å². The molecule has 3 rings (SSSR count). The first kappa shape index (κ1) is 19.4. The summed E-state index contributed by atoms with van der Waals surface area (Å²) in [6.45, 7) is 0. The second-order valence-corrected chi connectivity index (χ2v) is 7.39. The Morgan fingerprint density at radius 2 is 1.81 bits per heavy atom. The molecule has 1 atom stereocenters. The minimum Gasteiger partial charge on any atom is -0.481 e. The minimum absolute atomic E-state index is 0.215. The molecule has 2 aromatic carbocycles. The highest BCUT2D eigenvalue weighted by Crippen LogP contribution is 2.27. The summed E-state index contributed by atoms with van der Waals surface area (Å²) in [5.74, 6) is -1.50. The topological polar surface area (TPSA) is 79.3 Å². The first-order valence-corrected chi connectivity index (χ1v) is 9.56. The highest BCUT2D eigenvalue weighted by atomic mass is 35.5. The summed E-state index contributed by atoms with van der Waals surface area (Å²) >= 11 is 13.4. The van der Waals surface area contributed by atoms with Gasteiger partial charge in [0.1, 0.15) is 10.7 Å². The number of hydrogen-bond acceptors (Lipinski definition) is 4. The van der Waals surface area contributed by atoms with E-state index in [4.69, 9.17) is 23.2 Å². The molecule has 0 aliphatic rings. The summed E-state index contributed by atoms with van der Waals surface area (Å²) in [5, 5.41) is 15.2. The lowest BCUT2D eigenvalue weighted by Crippen LogP contribution is -2.30. The molecule has 0 aliphatic carbocycles. The lowest BCUT2D eigenvalue weighted by Gasteiger charge is -2.18. The van der Waals surface area contributed by atoms with Gasteiger partial charge in [-0.3, -0.25) is 9.59 Å².